The average molecular weight is 299 g/mol. The lowest BCUT2D eigenvalue weighted by atomic mass is 9.94. The minimum absolute atomic E-state index is 0.119. The van der Waals surface area contributed by atoms with Crippen LogP contribution in [0.25, 0.3) is 0 Å². The topological polar surface area (TPSA) is 55.1 Å². The van der Waals surface area contributed by atoms with Gasteiger partial charge in [0.1, 0.15) is 0 Å². The number of hydrogen-bond acceptors (Lipinski definition) is 3. The Balaban J connectivity index is 2.02. The van der Waals surface area contributed by atoms with Crippen molar-refractivity contribution in [1.82, 2.24) is 5.32 Å². The molecular formula is C14H19ClN2OS. The molecule has 2 rings (SSSR count). The third-order valence-corrected chi connectivity index (χ3v) is 5.02. The largest absolute Gasteiger partial charge is 0.397 e. The van der Waals surface area contributed by atoms with Crippen molar-refractivity contribution in [2.45, 2.75) is 37.0 Å². The first-order chi connectivity index (χ1) is 9.11. The summed E-state index contributed by atoms with van der Waals surface area (Å²) in [5.74, 6) is -0.119. The van der Waals surface area contributed by atoms with Gasteiger partial charge in [-0.1, -0.05) is 24.1 Å². The van der Waals surface area contributed by atoms with Gasteiger partial charge in [0, 0.05) is 11.3 Å². The van der Waals surface area contributed by atoms with Crippen LogP contribution in [-0.2, 0) is 0 Å². The van der Waals surface area contributed by atoms with Gasteiger partial charge in [-0.05, 0) is 37.7 Å². The first-order valence-corrected chi connectivity index (χ1v) is 8.16. The number of anilines is 1. The molecule has 1 aromatic rings. The molecule has 2 atom stereocenters. The van der Waals surface area contributed by atoms with Crippen LogP contribution in [0, 0.1) is 0 Å². The molecule has 0 heterocycles. The summed E-state index contributed by atoms with van der Waals surface area (Å²) in [6.07, 6.45) is 6.62. The van der Waals surface area contributed by atoms with Gasteiger partial charge in [-0.25, -0.2) is 0 Å². The quantitative estimate of drug-likeness (QED) is 0.842. The second-order valence-electron chi connectivity index (χ2n) is 4.90. The first-order valence-electron chi connectivity index (χ1n) is 6.49. The fraction of sp³-hybridized carbons (Fsp3) is 0.500. The number of amides is 1. The van der Waals surface area contributed by atoms with Crippen LogP contribution in [0.3, 0.4) is 0 Å². The van der Waals surface area contributed by atoms with E-state index in [1.54, 1.807) is 18.2 Å². The van der Waals surface area contributed by atoms with Gasteiger partial charge < -0.3 is 11.1 Å². The molecule has 1 saturated carbocycles. The second-order valence-corrected chi connectivity index (χ2v) is 6.44. The number of para-hydroxylation sites is 1. The highest BCUT2D eigenvalue weighted by Crippen LogP contribution is 2.28. The fourth-order valence-corrected chi connectivity index (χ4v) is 3.49. The minimum atomic E-state index is -0.119. The van der Waals surface area contributed by atoms with E-state index in [9.17, 15) is 4.79 Å². The van der Waals surface area contributed by atoms with Crippen molar-refractivity contribution in [3.05, 3.63) is 28.8 Å². The predicted octanol–water partition coefficient (Wildman–Crippen LogP) is 3.33. The normalized spacial score (nSPS) is 23.1. The maximum absolute atomic E-state index is 12.2. The van der Waals surface area contributed by atoms with Crippen LogP contribution in [0.2, 0.25) is 5.02 Å². The van der Waals surface area contributed by atoms with Crippen LogP contribution >= 0.6 is 23.4 Å². The lowest BCUT2D eigenvalue weighted by molar-refractivity contribution is 0.0929. The smallest absolute Gasteiger partial charge is 0.253 e. The molecular weight excluding hydrogens is 280 g/mol. The molecule has 1 fully saturated rings. The van der Waals surface area contributed by atoms with Gasteiger partial charge in [-0.3, -0.25) is 4.79 Å². The number of thioether (sulfide) groups is 1. The molecule has 3 nitrogen and oxygen atoms in total. The third-order valence-electron chi connectivity index (χ3n) is 3.59. The van der Waals surface area contributed by atoms with Crippen LogP contribution in [0.1, 0.15) is 36.0 Å². The molecule has 5 heteroatoms. The summed E-state index contributed by atoms with van der Waals surface area (Å²) in [4.78, 5) is 12.2. The number of nitrogens with two attached hydrogens (primary N) is 1. The van der Waals surface area contributed by atoms with E-state index in [1.807, 2.05) is 11.8 Å². The monoisotopic (exact) mass is 298 g/mol. The molecule has 0 saturated heterocycles. The maximum Gasteiger partial charge on any atom is 0.253 e. The van der Waals surface area contributed by atoms with Crippen molar-refractivity contribution in [2.75, 3.05) is 12.0 Å². The van der Waals surface area contributed by atoms with E-state index in [0.29, 0.717) is 21.5 Å². The molecule has 1 aliphatic rings. The molecule has 0 radical (unpaired) electrons. The highest BCUT2D eigenvalue weighted by atomic mass is 35.5. The Bertz CT molecular complexity index is 467. The van der Waals surface area contributed by atoms with Crippen LogP contribution in [0.5, 0.6) is 0 Å². The standard InChI is InChI=1S/C14H19ClN2OS/c1-19-10-5-2-4-9(8-10)17-14(18)11-6-3-7-12(15)13(11)16/h3,6-7,9-10H,2,4-5,8,16H2,1H3,(H,17,18). The molecule has 1 aliphatic carbocycles. The Morgan fingerprint density at radius 3 is 3.00 bits per heavy atom. The van der Waals surface area contributed by atoms with E-state index in [4.69, 9.17) is 17.3 Å². The van der Waals surface area contributed by atoms with E-state index < -0.39 is 0 Å². The van der Waals surface area contributed by atoms with Gasteiger partial charge in [0.05, 0.1) is 16.3 Å². The average Bonchev–Trinajstić information content (AvgIpc) is 2.42. The predicted molar refractivity (Wildman–Crippen MR) is 82.9 cm³/mol. The van der Waals surface area contributed by atoms with E-state index >= 15 is 0 Å². The van der Waals surface area contributed by atoms with Gasteiger partial charge in [0.15, 0.2) is 0 Å². The third kappa shape index (κ3) is 3.57. The van der Waals surface area contributed by atoms with Crippen LogP contribution < -0.4 is 11.1 Å². The van der Waals surface area contributed by atoms with Crippen LogP contribution in [0.4, 0.5) is 5.69 Å². The van der Waals surface area contributed by atoms with E-state index in [0.717, 1.165) is 12.8 Å². The Hall–Kier alpha value is -0.870. The van der Waals surface area contributed by atoms with E-state index in [1.165, 1.54) is 12.8 Å². The van der Waals surface area contributed by atoms with Crippen LogP contribution in [0.15, 0.2) is 18.2 Å². The number of carbonyl (C=O) groups excluding carboxylic acids is 1. The highest BCUT2D eigenvalue weighted by molar-refractivity contribution is 7.99. The van der Waals surface area contributed by atoms with Crippen molar-refractivity contribution in [3.8, 4) is 0 Å². The highest BCUT2D eigenvalue weighted by Gasteiger charge is 2.23. The SMILES string of the molecule is CSC1CCCC(NC(=O)c2cccc(Cl)c2N)C1. The lowest BCUT2D eigenvalue weighted by Crippen LogP contribution is -2.39. The zero-order valence-electron chi connectivity index (χ0n) is 11.0. The summed E-state index contributed by atoms with van der Waals surface area (Å²) in [5, 5.41) is 4.15. The van der Waals surface area contributed by atoms with Crippen molar-refractivity contribution in [1.29, 1.82) is 0 Å². The van der Waals surface area contributed by atoms with Gasteiger partial charge in [-0.15, -0.1) is 0 Å². The van der Waals surface area contributed by atoms with Crippen molar-refractivity contribution >= 4 is 35.0 Å². The summed E-state index contributed by atoms with van der Waals surface area (Å²) in [5.41, 5.74) is 6.68. The van der Waals surface area contributed by atoms with Gasteiger partial charge in [0.2, 0.25) is 0 Å². The summed E-state index contributed by atoms with van der Waals surface area (Å²) < 4.78 is 0. The number of carbonyl (C=O) groups is 1. The molecule has 2 unspecified atom stereocenters. The summed E-state index contributed by atoms with van der Waals surface area (Å²) >= 11 is 7.82. The van der Waals surface area contributed by atoms with Gasteiger partial charge in [0.25, 0.3) is 5.91 Å². The number of halogens is 1. The molecule has 0 aliphatic heterocycles. The van der Waals surface area contributed by atoms with Crippen LogP contribution in [-0.4, -0.2) is 23.5 Å². The number of nitrogens with one attached hydrogen (secondary N) is 1. The fourth-order valence-electron chi connectivity index (χ4n) is 2.49. The Morgan fingerprint density at radius 2 is 2.26 bits per heavy atom. The van der Waals surface area contributed by atoms with Crippen molar-refractivity contribution < 1.29 is 4.79 Å². The molecule has 1 amide bonds. The molecule has 19 heavy (non-hydrogen) atoms. The Morgan fingerprint density at radius 1 is 1.47 bits per heavy atom. The number of rotatable bonds is 3. The molecule has 3 N–H and O–H groups in total. The van der Waals surface area contributed by atoms with Crippen molar-refractivity contribution in [2.24, 2.45) is 0 Å². The molecule has 0 aromatic heterocycles. The van der Waals surface area contributed by atoms with Crippen molar-refractivity contribution in [3.63, 3.8) is 0 Å². The zero-order valence-corrected chi connectivity index (χ0v) is 12.6. The molecule has 1 aromatic carbocycles. The summed E-state index contributed by atoms with van der Waals surface area (Å²) in [7, 11) is 0. The van der Waals surface area contributed by atoms with Gasteiger partial charge >= 0.3 is 0 Å². The van der Waals surface area contributed by atoms with Gasteiger partial charge in [-0.2, -0.15) is 11.8 Å². The second kappa shape index (κ2) is 6.53. The Labute approximate surface area is 123 Å². The molecule has 0 bridgehead atoms. The number of hydrogen-bond donors (Lipinski definition) is 2. The summed E-state index contributed by atoms with van der Waals surface area (Å²) in [6.45, 7) is 0. The maximum atomic E-state index is 12.2. The number of nitrogen functional groups attached to an aromatic ring is 1. The number of benzene rings is 1. The minimum Gasteiger partial charge on any atom is -0.397 e. The zero-order chi connectivity index (χ0) is 13.8. The summed E-state index contributed by atoms with van der Waals surface area (Å²) in [6, 6.07) is 5.40. The first kappa shape index (κ1) is 14.5. The molecule has 104 valence electrons. The van der Waals surface area contributed by atoms with E-state index in [-0.39, 0.29) is 11.9 Å². The molecule has 0 spiro atoms. The lowest BCUT2D eigenvalue weighted by Gasteiger charge is -2.28. The van der Waals surface area contributed by atoms with E-state index in [2.05, 4.69) is 11.6 Å². The Kier molecular flexibility index (Phi) is 4.99.